The molecule has 0 N–H and O–H groups in total. The fourth-order valence-electron chi connectivity index (χ4n) is 6.42. The Labute approximate surface area is 279 Å². The molecular weight excluding hydrogens is 587 g/mol. The highest BCUT2D eigenvalue weighted by atomic mass is 16.5. The standard InChI is InChI=1S/C44H33N3O/c1-4-5-12-29(3)48-44-28(2)19-24-36-40(44)35-17-9-10-18-39(35)47-41(36)34-16-11-15-33(27-34)38-26-23-32-21-20-31-22-25-37(30-13-7-6-8-14-30)45-42(31)43(32)46-38/h4-27H,1-3H3/b5-4-,29-12+. The van der Waals surface area contributed by atoms with Gasteiger partial charge in [-0.25, -0.2) is 15.0 Å². The van der Waals surface area contributed by atoms with Crippen molar-refractivity contribution in [3.63, 3.8) is 0 Å². The van der Waals surface area contributed by atoms with Gasteiger partial charge in [0, 0.05) is 43.6 Å². The highest BCUT2D eigenvalue weighted by Crippen LogP contribution is 2.41. The van der Waals surface area contributed by atoms with Crippen LogP contribution >= 0.6 is 0 Å². The quantitative estimate of drug-likeness (QED) is 0.106. The lowest BCUT2D eigenvalue weighted by atomic mass is 9.96. The zero-order chi connectivity index (χ0) is 32.6. The molecule has 0 aliphatic rings. The number of nitrogens with zero attached hydrogens (tertiary/aromatic N) is 3. The summed E-state index contributed by atoms with van der Waals surface area (Å²) in [7, 11) is 0. The zero-order valence-corrected chi connectivity index (χ0v) is 27.1. The molecule has 48 heavy (non-hydrogen) atoms. The minimum Gasteiger partial charge on any atom is -0.461 e. The summed E-state index contributed by atoms with van der Waals surface area (Å²) in [6.07, 6.45) is 5.98. The van der Waals surface area contributed by atoms with Crippen LogP contribution in [0.1, 0.15) is 19.4 Å². The number of rotatable bonds is 6. The molecule has 0 radical (unpaired) electrons. The highest BCUT2D eigenvalue weighted by molar-refractivity contribution is 6.14. The lowest BCUT2D eigenvalue weighted by Gasteiger charge is -2.17. The van der Waals surface area contributed by atoms with Gasteiger partial charge in [-0.05, 0) is 56.7 Å². The molecular formula is C44H33N3O. The highest BCUT2D eigenvalue weighted by Gasteiger charge is 2.17. The number of allylic oxidation sites excluding steroid dienone is 4. The lowest BCUT2D eigenvalue weighted by Crippen LogP contribution is -1.97. The van der Waals surface area contributed by atoms with Gasteiger partial charge in [-0.3, -0.25) is 0 Å². The number of pyridine rings is 3. The monoisotopic (exact) mass is 619 g/mol. The van der Waals surface area contributed by atoms with Crippen LogP contribution in [0.25, 0.3) is 77.3 Å². The maximum Gasteiger partial charge on any atom is 0.138 e. The first-order valence-electron chi connectivity index (χ1n) is 16.2. The Bertz CT molecular complexity index is 2570. The van der Waals surface area contributed by atoms with Crippen LogP contribution in [-0.4, -0.2) is 15.0 Å². The van der Waals surface area contributed by atoms with Crippen LogP contribution in [0.4, 0.5) is 0 Å². The van der Waals surface area contributed by atoms with Gasteiger partial charge < -0.3 is 4.74 Å². The summed E-state index contributed by atoms with van der Waals surface area (Å²) < 4.78 is 6.53. The Hall–Kier alpha value is -6.13. The van der Waals surface area contributed by atoms with Crippen LogP contribution < -0.4 is 4.74 Å². The van der Waals surface area contributed by atoms with Gasteiger partial charge in [-0.2, -0.15) is 0 Å². The number of para-hydroxylation sites is 1. The molecule has 0 atom stereocenters. The van der Waals surface area contributed by atoms with Crippen molar-refractivity contribution in [1.29, 1.82) is 0 Å². The van der Waals surface area contributed by atoms with Crippen LogP contribution in [0.15, 0.2) is 151 Å². The fraction of sp³-hybridized carbons (Fsp3) is 0.0682. The summed E-state index contributed by atoms with van der Waals surface area (Å²) in [6, 6.07) is 44.1. The second-order valence-corrected chi connectivity index (χ2v) is 12.1. The van der Waals surface area contributed by atoms with Crippen molar-refractivity contribution < 1.29 is 4.74 Å². The largest absolute Gasteiger partial charge is 0.461 e. The first-order chi connectivity index (χ1) is 23.6. The maximum atomic E-state index is 6.53. The molecule has 230 valence electrons. The summed E-state index contributed by atoms with van der Waals surface area (Å²) in [5.74, 6) is 1.68. The van der Waals surface area contributed by atoms with E-state index in [0.717, 1.165) is 94.3 Å². The topological polar surface area (TPSA) is 47.9 Å². The molecule has 0 aliphatic heterocycles. The summed E-state index contributed by atoms with van der Waals surface area (Å²) in [5, 5.41) is 5.29. The second kappa shape index (κ2) is 12.2. The van der Waals surface area contributed by atoms with Crippen molar-refractivity contribution in [2.24, 2.45) is 0 Å². The minimum absolute atomic E-state index is 0.827. The Morgan fingerprint density at radius 3 is 2.00 bits per heavy atom. The Morgan fingerprint density at radius 2 is 1.25 bits per heavy atom. The molecule has 0 fully saturated rings. The summed E-state index contributed by atoms with van der Waals surface area (Å²) in [4.78, 5) is 15.5. The van der Waals surface area contributed by atoms with E-state index in [2.05, 4.69) is 110 Å². The van der Waals surface area contributed by atoms with Crippen LogP contribution in [-0.2, 0) is 0 Å². The lowest BCUT2D eigenvalue weighted by molar-refractivity contribution is 0.430. The third-order valence-electron chi connectivity index (χ3n) is 8.82. The molecule has 0 aliphatic carbocycles. The van der Waals surface area contributed by atoms with Crippen LogP contribution in [0, 0.1) is 6.92 Å². The van der Waals surface area contributed by atoms with Crippen LogP contribution in [0.3, 0.4) is 0 Å². The van der Waals surface area contributed by atoms with E-state index in [0.29, 0.717) is 0 Å². The Morgan fingerprint density at radius 1 is 0.604 bits per heavy atom. The van der Waals surface area contributed by atoms with Gasteiger partial charge in [0.1, 0.15) is 11.5 Å². The molecule has 4 nitrogen and oxygen atoms in total. The average molecular weight is 620 g/mol. The number of fused-ring (bicyclic) bond motifs is 6. The number of ether oxygens (including phenoxy) is 1. The normalized spacial score (nSPS) is 12.1. The van der Waals surface area contributed by atoms with Crippen LogP contribution in [0.5, 0.6) is 5.75 Å². The van der Waals surface area contributed by atoms with Crippen molar-refractivity contribution in [1.82, 2.24) is 15.0 Å². The molecule has 3 aromatic heterocycles. The minimum atomic E-state index is 0.827. The summed E-state index contributed by atoms with van der Waals surface area (Å²) in [5.41, 5.74) is 9.63. The van der Waals surface area contributed by atoms with Crippen molar-refractivity contribution in [2.75, 3.05) is 0 Å². The van der Waals surface area contributed by atoms with E-state index in [-0.39, 0.29) is 0 Å². The number of hydrogen-bond donors (Lipinski definition) is 0. The van der Waals surface area contributed by atoms with E-state index in [9.17, 15) is 0 Å². The SMILES string of the molecule is C/C=C\C=C(/C)Oc1c(C)ccc2c(-c3cccc(-c4ccc5ccc6ccc(-c7ccccc7)nc6c5n4)c3)nc3ccccc3c12. The van der Waals surface area contributed by atoms with E-state index in [1.54, 1.807) is 0 Å². The first-order valence-corrected chi connectivity index (χ1v) is 16.2. The van der Waals surface area contributed by atoms with Crippen molar-refractivity contribution in [3.8, 4) is 39.5 Å². The molecule has 0 bridgehead atoms. The molecule has 5 aromatic carbocycles. The maximum absolute atomic E-state index is 6.53. The van der Waals surface area contributed by atoms with Crippen molar-refractivity contribution in [2.45, 2.75) is 20.8 Å². The molecule has 4 heteroatoms. The van der Waals surface area contributed by atoms with Gasteiger partial charge >= 0.3 is 0 Å². The van der Waals surface area contributed by atoms with E-state index in [4.69, 9.17) is 19.7 Å². The van der Waals surface area contributed by atoms with Gasteiger partial charge in [0.2, 0.25) is 0 Å². The Balaban J connectivity index is 1.29. The van der Waals surface area contributed by atoms with E-state index in [1.807, 2.05) is 56.3 Å². The molecule has 0 spiro atoms. The predicted octanol–water partition coefficient (Wildman–Crippen LogP) is 11.7. The second-order valence-electron chi connectivity index (χ2n) is 12.1. The molecule has 0 amide bonds. The molecule has 0 saturated carbocycles. The van der Waals surface area contributed by atoms with Gasteiger partial charge in [0.15, 0.2) is 0 Å². The molecule has 8 aromatic rings. The average Bonchev–Trinajstić information content (AvgIpc) is 3.14. The number of aromatic nitrogens is 3. The van der Waals surface area contributed by atoms with E-state index < -0.39 is 0 Å². The van der Waals surface area contributed by atoms with Crippen molar-refractivity contribution in [3.05, 3.63) is 157 Å². The van der Waals surface area contributed by atoms with E-state index >= 15 is 0 Å². The summed E-state index contributed by atoms with van der Waals surface area (Å²) in [6.45, 7) is 6.09. The summed E-state index contributed by atoms with van der Waals surface area (Å²) >= 11 is 0. The number of benzene rings is 5. The first kappa shape index (κ1) is 29.3. The third-order valence-corrected chi connectivity index (χ3v) is 8.82. The third kappa shape index (κ3) is 5.27. The van der Waals surface area contributed by atoms with Gasteiger partial charge in [0.05, 0.1) is 33.6 Å². The molecule has 3 heterocycles. The number of aryl methyl sites for hydroxylation is 1. The van der Waals surface area contributed by atoms with Gasteiger partial charge in [-0.1, -0.05) is 115 Å². The van der Waals surface area contributed by atoms with Gasteiger partial charge in [0.25, 0.3) is 0 Å². The Kier molecular flexibility index (Phi) is 7.46. The fourth-order valence-corrected chi connectivity index (χ4v) is 6.42. The molecule has 8 rings (SSSR count). The van der Waals surface area contributed by atoms with Gasteiger partial charge in [-0.15, -0.1) is 0 Å². The van der Waals surface area contributed by atoms with E-state index in [1.165, 1.54) is 0 Å². The van der Waals surface area contributed by atoms with Crippen LogP contribution in [0.2, 0.25) is 0 Å². The molecule has 0 unspecified atom stereocenters. The van der Waals surface area contributed by atoms with Crippen molar-refractivity contribution >= 4 is 43.5 Å². The smallest absolute Gasteiger partial charge is 0.138 e. The number of hydrogen-bond acceptors (Lipinski definition) is 4. The predicted molar refractivity (Wildman–Crippen MR) is 200 cm³/mol. The zero-order valence-electron chi connectivity index (χ0n) is 27.1. The molecule has 0 saturated heterocycles.